The summed E-state index contributed by atoms with van der Waals surface area (Å²) in [5.41, 5.74) is 0.819. The molecule has 76 valence electrons. The van der Waals surface area contributed by atoms with E-state index in [2.05, 4.69) is 10.3 Å². The molecule has 0 unspecified atom stereocenters. The van der Waals surface area contributed by atoms with Gasteiger partial charge in [0.15, 0.2) is 0 Å². The Bertz CT molecular complexity index is 322. The van der Waals surface area contributed by atoms with E-state index in [9.17, 15) is 4.79 Å². The minimum absolute atomic E-state index is 0.0700. The van der Waals surface area contributed by atoms with Gasteiger partial charge in [-0.15, -0.1) is 0 Å². The van der Waals surface area contributed by atoms with Gasteiger partial charge in [-0.05, 0) is 6.92 Å². The summed E-state index contributed by atoms with van der Waals surface area (Å²) in [6.45, 7) is 3.62. The Morgan fingerprint density at radius 3 is 3.29 bits per heavy atom. The monoisotopic (exact) mass is 196 g/mol. The number of hydrogen-bond donors (Lipinski definition) is 1. The molecule has 14 heavy (non-hydrogen) atoms. The second kappa shape index (κ2) is 3.79. The lowest BCUT2D eigenvalue weighted by molar-refractivity contribution is 0.0479. The van der Waals surface area contributed by atoms with Gasteiger partial charge in [0.25, 0.3) is 0 Å². The maximum atomic E-state index is 11.3. The number of fused-ring (bicyclic) bond motifs is 1. The average molecular weight is 196 g/mol. The van der Waals surface area contributed by atoms with E-state index in [1.807, 2.05) is 0 Å². The summed E-state index contributed by atoms with van der Waals surface area (Å²) in [5, 5.41) is 3.15. The van der Waals surface area contributed by atoms with Gasteiger partial charge in [-0.3, -0.25) is 0 Å². The smallest absolute Gasteiger partial charge is 0.394 e. The number of ether oxygens (including phenoxy) is 1. The number of esters is 1. The standard InChI is InChI=1S/C9H12N2O3/c1-2-13-9(12)8-11-6-5-10-4-3-7(6)14-8/h10H,2-5H2,1H3. The first kappa shape index (κ1) is 9.21. The lowest BCUT2D eigenvalue weighted by Crippen LogP contribution is -2.22. The van der Waals surface area contributed by atoms with Gasteiger partial charge in [0.05, 0.1) is 12.3 Å². The van der Waals surface area contributed by atoms with Crippen LogP contribution >= 0.6 is 0 Å². The fourth-order valence-corrected chi connectivity index (χ4v) is 1.41. The molecule has 1 aromatic rings. The van der Waals surface area contributed by atoms with Crippen molar-refractivity contribution in [3.63, 3.8) is 0 Å². The number of nitrogens with one attached hydrogen (secondary N) is 1. The first-order valence-corrected chi connectivity index (χ1v) is 4.67. The molecule has 1 aliphatic heterocycles. The predicted molar refractivity (Wildman–Crippen MR) is 47.9 cm³/mol. The summed E-state index contributed by atoms with van der Waals surface area (Å²) < 4.78 is 10.1. The van der Waals surface area contributed by atoms with Gasteiger partial charge in [0.2, 0.25) is 0 Å². The molecule has 1 N–H and O–H groups in total. The third kappa shape index (κ3) is 1.63. The van der Waals surface area contributed by atoms with Crippen molar-refractivity contribution in [2.75, 3.05) is 13.2 Å². The second-order valence-corrected chi connectivity index (χ2v) is 3.04. The van der Waals surface area contributed by atoms with E-state index < -0.39 is 5.97 Å². The fraction of sp³-hybridized carbons (Fsp3) is 0.556. The topological polar surface area (TPSA) is 64.4 Å². The Labute approximate surface area is 81.5 Å². The Morgan fingerprint density at radius 2 is 2.57 bits per heavy atom. The number of nitrogens with zero attached hydrogens (tertiary/aromatic N) is 1. The van der Waals surface area contributed by atoms with Crippen molar-refractivity contribution in [1.29, 1.82) is 0 Å². The summed E-state index contributed by atoms with van der Waals surface area (Å²) in [4.78, 5) is 15.3. The van der Waals surface area contributed by atoms with Crippen LogP contribution in [0.5, 0.6) is 0 Å². The Balaban J connectivity index is 2.19. The number of hydrogen-bond acceptors (Lipinski definition) is 5. The summed E-state index contributed by atoms with van der Waals surface area (Å²) in [5.74, 6) is 0.384. The number of carbonyl (C=O) groups excluding carboxylic acids is 1. The quantitative estimate of drug-likeness (QED) is 0.698. The minimum Gasteiger partial charge on any atom is -0.459 e. The molecule has 0 spiro atoms. The van der Waals surface area contributed by atoms with Gasteiger partial charge in [0.1, 0.15) is 5.76 Å². The zero-order valence-electron chi connectivity index (χ0n) is 8.00. The van der Waals surface area contributed by atoms with Crippen molar-refractivity contribution in [3.05, 3.63) is 17.3 Å². The van der Waals surface area contributed by atoms with Crippen LogP contribution in [0.15, 0.2) is 4.42 Å². The maximum absolute atomic E-state index is 11.3. The first-order chi connectivity index (χ1) is 6.81. The molecule has 1 aromatic heterocycles. The molecular weight excluding hydrogens is 184 g/mol. The van der Waals surface area contributed by atoms with Crippen LogP contribution in [0.25, 0.3) is 0 Å². The first-order valence-electron chi connectivity index (χ1n) is 4.67. The van der Waals surface area contributed by atoms with Crippen molar-refractivity contribution >= 4 is 5.97 Å². The summed E-state index contributed by atoms with van der Waals surface area (Å²) in [7, 11) is 0. The highest BCUT2D eigenvalue weighted by Gasteiger charge is 2.21. The van der Waals surface area contributed by atoms with E-state index in [1.165, 1.54) is 0 Å². The molecule has 0 saturated carbocycles. The highest BCUT2D eigenvalue weighted by molar-refractivity contribution is 5.84. The van der Waals surface area contributed by atoms with Crippen LogP contribution in [0.2, 0.25) is 0 Å². The minimum atomic E-state index is -0.484. The molecule has 0 bridgehead atoms. The van der Waals surface area contributed by atoms with Crippen LogP contribution in [-0.4, -0.2) is 24.1 Å². The number of carbonyl (C=O) groups is 1. The number of rotatable bonds is 2. The third-order valence-corrected chi connectivity index (χ3v) is 2.05. The van der Waals surface area contributed by atoms with Gasteiger partial charge < -0.3 is 14.5 Å². The van der Waals surface area contributed by atoms with Gasteiger partial charge in [-0.25, -0.2) is 9.78 Å². The van der Waals surface area contributed by atoms with Crippen LogP contribution in [0.3, 0.4) is 0 Å². The normalized spacial score (nSPS) is 14.9. The Kier molecular flexibility index (Phi) is 2.49. The van der Waals surface area contributed by atoms with Crippen LogP contribution < -0.4 is 5.32 Å². The summed E-state index contributed by atoms with van der Waals surface area (Å²) >= 11 is 0. The lowest BCUT2D eigenvalue weighted by atomic mass is 10.2. The van der Waals surface area contributed by atoms with Crippen molar-refractivity contribution < 1.29 is 13.9 Å². The third-order valence-electron chi connectivity index (χ3n) is 2.05. The highest BCUT2D eigenvalue weighted by atomic mass is 16.5. The second-order valence-electron chi connectivity index (χ2n) is 3.04. The molecule has 0 radical (unpaired) electrons. The molecule has 0 atom stereocenters. The van der Waals surface area contributed by atoms with E-state index >= 15 is 0 Å². The van der Waals surface area contributed by atoms with E-state index in [4.69, 9.17) is 9.15 Å². The van der Waals surface area contributed by atoms with Crippen molar-refractivity contribution in [3.8, 4) is 0 Å². The molecule has 5 nitrogen and oxygen atoms in total. The summed E-state index contributed by atoms with van der Waals surface area (Å²) in [6.07, 6.45) is 0.780. The summed E-state index contributed by atoms with van der Waals surface area (Å²) in [6, 6.07) is 0. The molecule has 5 heteroatoms. The van der Waals surface area contributed by atoms with Crippen molar-refractivity contribution in [2.24, 2.45) is 0 Å². The molecule has 0 aliphatic carbocycles. The molecular formula is C9H12N2O3. The van der Waals surface area contributed by atoms with Gasteiger partial charge in [-0.2, -0.15) is 0 Å². The van der Waals surface area contributed by atoms with Crippen molar-refractivity contribution in [1.82, 2.24) is 10.3 Å². The Hall–Kier alpha value is -1.36. The van der Waals surface area contributed by atoms with E-state index in [-0.39, 0.29) is 5.89 Å². The predicted octanol–water partition coefficient (Wildman–Crippen LogP) is 0.497. The highest BCUT2D eigenvalue weighted by Crippen LogP contribution is 2.15. The molecule has 2 rings (SSSR count). The zero-order chi connectivity index (χ0) is 9.97. The molecule has 0 saturated heterocycles. The zero-order valence-corrected chi connectivity index (χ0v) is 8.00. The molecule has 1 aliphatic rings. The van der Waals surface area contributed by atoms with E-state index in [1.54, 1.807) is 6.92 Å². The van der Waals surface area contributed by atoms with Gasteiger partial charge in [-0.1, -0.05) is 0 Å². The number of oxazole rings is 1. The average Bonchev–Trinajstić information content (AvgIpc) is 2.61. The number of aromatic nitrogens is 1. The van der Waals surface area contributed by atoms with Crippen LogP contribution in [0.4, 0.5) is 0 Å². The molecule has 2 heterocycles. The molecule has 0 aromatic carbocycles. The van der Waals surface area contributed by atoms with Crippen LogP contribution in [0, 0.1) is 0 Å². The lowest BCUT2D eigenvalue weighted by Gasteiger charge is -2.07. The SMILES string of the molecule is CCOC(=O)c1nc2c(o1)CCNC2. The van der Waals surface area contributed by atoms with Crippen molar-refractivity contribution in [2.45, 2.75) is 19.9 Å². The maximum Gasteiger partial charge on any atom is 0.394 e. The van der Waals surface area contributed by atoms with E-state index in [0.717, 1.165) is 24.4 Å². The van der Waals surface area contributed by atoms with Crippen LogP contribution in [-0.2, 0) is 17.7 Å². The molecule has 0 fully saturated rings. The largest absolute Gasteiger partial charge is 0.459 e. The van der Waals surface area contributed by atoms with Gasteiger partial charge in [0, 0.05) is 19.5 Å². The van der Waals surface area contributed by atoms with Gasteiger partial charge >= 0.3 is 11.9 Å². The molecule has 0 amide bonds. The fourth-order valence-electron chi connectivity index (χ4n) is 1.41. The van der Waals surface area contributed by atoms with Crippen LogP contribution in [0.1, 0.15) is 29.1 Å². The van der Waals surface area contributed by atoms with E-state index in [0.29, 0.717) is 13.2 Å². The Morgan fingerprint density at radius 1 is 1.71 bits per heavy atom.